The highest BCUT2D eigenvalue weighted by molar-refractivity contribution is 7.99. The molecule has 0 aromatic heterocycles. The van der Waals surface area contributed by atoms with Gasteiger partial charge in [0.05, 0.1) is 5.92 Å². The Kier molecular flexibility index (Phi) is 3.77. The van der Waals surface area contributed by atoms with E-state index in [-0.39, 0.29) is 11.8 Å². The summed E-state index contributed by atoms with van der Waals surface area (Å²) in [5, 5.41) is 9.02. The van der Waals surface area contributed by atoms with Gasteiger partial charge in [-0.25, -0.2) is 0 Å². The monoisotopic (exact) mass is 250 g/mol. The highest BCUT2D eigenvalue weighted by atomic mass is 32.2. The topological polar surface area (TPSA) is 37.3 Å². The van der Waals surface area contributed by atoms with Crippen LogP contribution in [0.2, 0.25) is 0 Å². The molecule has 3 unspecified atom stereocenters. The van der Waals surface area contributed by atoms with Gasteiger partial charge in [-0.2, -0.15) is 0 Å². The minimum absolute atomic E-state index is 0.226. The van der Waals surface area contributed by atoms with Gasteiger partial charge in [0.2, 0.25) is 0 Å². The van der Waals surface area contributed by atoms with Crippen molar-refractivity contribution in [3.63, 3.8) is 0 Å². The maximum absolute atomic E-state index is 11.0. The first kappa shape index (κ1) is 12.5. The van der Waals surface area contributed by atoms with Gasteiger partial charge in [-0.05, 0) is 29.9 Å². The summed E-state index contributed by atoms with van der Waals surface area (Å²) >= 11 is 1.89. The number of hydrogen-bond donors (Lipinski definition) is 1. The van der Waals surface area contributed by atoms with E-state index in [0.717, 1.165) is 12.2 Å². The van der Waals surface area contributed by atoms with Crippen molar-refractivity contribution < 1.29 is 9.90 Å². The number of hydrogen-bond acceptors (Lipinski definition) is 2. The van der Waals surface area contributed by atoms with E-state index in [2.05, 4.69) is 24.3 Å². The molecular weight excluding hydrogens is 232 g/mol. The van der Waals surface area contributed by atoms with Crippen LogP contribution in [0.1, 0.15) is 31.7 Å². The molecule has 1 aromatic rings. The molecule has 0 amide bonds. The molecule has 17 heavy (non-hydrogen) atoms. The number of rotatable bonds is 4. The van der Waals surface area contributed by atoms with Gasteiger partial charge >= 0.3 is 5.97 Å². The summed E-state index contributed by atoms with van der Waals surface area (Å²) < 4.78 is 0. The number of aliphatic carboxylic acids is 1. The molecule has 3 atom stereocenters. The molecule has 1 aromatic carbocycles. The van der Waals surface area contributed by atoms with Gasteiger partial charge < -0.3 is 5.11 Å². The lowest BCUT2D eigenvalue weighted by atomic mass is 9.84. The molecule has 3 heteroatoms. The maximum atomic E-state index is 11.0. The Labute approximate surface area is 106 Å². The zero-order valence-corrected chi connectivity index (χ0v) is 11.0. The average Bonchev–Trinajstić information content (AvgIpc) is 2.71. The molecule has 0 spiro atoms. The third-order valence-corrected chi connectivity index (χ3v) is 4.95. The molecule has 1 aliphatic heterocycles. The molecule has 92 valence electrons. The SMILES string of the molecule is CC(CC1CSc2ccccc21)C(C)C(=O)O. The van der Waals surface area contributed by atoms with Gasteiger partial charge in [-0.3, -0.25) is 4.79 Å². The molecule has 1 N–H and O–H groups in total. The zero-order chi connectivity index (χ0) is 12.4. The van der Waals surface area contributed by atoms with Gasteiger partial charge in [-0.1, -0.05) is 32.0 Å². The Hall–Kier alpha value is -0.960. The first-order valence-corrected chi connectivity index (χ1v) is 7.02. The zero-order valence-electron chi connectivity index (χ0n) is 10.2. The molecule has 0 radical (unpaired) electrons. The predicted molar refractivity (Wildman–Crippen MR) is 70.5 cm³/mol. The fourth-order valence-corrected chi connectivity index (χ4v) is 3.59. The Morgan fingerprint density at radius 1 is 1.47 bits per heavy atom. The quantitative estimate of drug-likeness (QED) is 0.886. The fraction of sp³-hybridized carbons (Fsp3) is 0.500. The second-order valence-corrected chi connectivity index (χ2v) is 5.95. The van der Waals surface area contributed by atoms with Crippen LogP contribution in [0.3, 0.4) is 0 Å². The third kappa shape index (κ3) is 2.65. The molecule has 0 saturated carbocycles. The smallest absolute Gasteiger partial charge is 0.306 e. The maximum Gasteiger partial charge on any atom is 0.306 e. The molecular formula is C14H18O2S. The lowest BCUT2D eigenvalue weighted by Gasteiger charge is -2.20. The van der Waals surface area contributed by atoms with Crippen LogP contribution in [0, 0.1) is 11.8 Å². The number of carboxylic acid groups (broad SMARTS) is 1. The molecule has 2 rings (SSSR count). The number of thioether (sulfide) groups is 1. The van der Waals surface area contributed by atoms with Crippen molar-refractivity contribution in [2.45, 2.75) is 31.1 Å². The summed E-state index contributed by atoms with van der Waals surface area (Å²) in [4.78, 5) is 12.3. The minimum atomic E-state index is -0.684. The van der Waals surface area contributed by atoms with Crippen molar-refractivity contribution in [3.8, 4) is 0 Å². The number of benzene rings is 1. The van der Waals surface area contributed by atoms with Gasteiger partial charge in [0, 0.05) is 10.6 Å². The minimum Gasteiger partial charge on any atom is -0.481 e. The summed E-state index contributed by atoms with van der Waals surface area (Å²) in [7, 11) is 0. The molecule has 1 aliphatic rings. The van der Waals surface area contributed by atoms with Crippen molar-refractivity contribution >= 4 is 17.7 Å². The molecule has 2 nitrogen and oxygen atoms in total. The van der Waals surface area contributed by atoms with Gasteiger partial charge in [0.25, 0.3) is 0 Å². The van der Waals surface area contributed by atoms with Crippen LogP contribution >= 0.6 is 11.8 Å². The Bertz CT molecular complexity index is 416. The van der Waals surface area contributed by atoms with Crippen molar-refractivity contribution in [3.05, 3.63) is 29.8 Å². The van der Waals surface area contributed by atoms with E-state index in [1.165, 1.54) is 10.5 Å². The van der Waals surface area contributed by atoms with Crippen LogP contribution in [-0.2, 0) is 4.79 Å². The van der Waals surface area contributed by atoms with E-state index < -0.39 is 5.97 Å². The molecule has 0 aliphatic carbocycles. The highest BCUT2D eigenvalue weighted by Gasteiger charge is 2.28. The van der Waals surface area contributed by atoms with Crippen LogP contribution in [0.4, 0.5) is 0 Å². The van der Waals surface area contributed by atoms with Gasteiger partial charge in [0.1, 0.15) is 0 Å². The third-order valence-electron chi connectivity index (χ3n) is 3.70. The van der Waals surface area contributed by atoms with Gasteiger partial charge in [0.15, 0.2) is 0 Å². The average molecular weight is 250 g/mol. The van der Waals surface area contributed by atoms with Crippen molar-refractivity contribution in [2.24, 2.45) is 11.8 Å². The number of carboxylic acids is 1. The predicted octanol–water partition coefficient (Wildman–Crippen LogP) is 3.62. The highest BCUT2D eigenvalue weighted by Crippen LogP contribution is 2.43. The lowest BCUT2D eigenvalue weighted by molar-refractivity contribution is -0.142. The second kappa shape index (κ2) is 5.13. The standard InChI is InChI=1S/C14H18O2S/c1-9(10(2)14(15)16)7-11-8-17-13-6-4-3-5-12(11)13/h3-6,9-11H,7-8H2,1-2H3,(H,15,16). The number of fused-ring (bicyclic) bond motifs is 1. The van der Waals surface area contributed by atoms with Gasteiger partial charge in [-0.15, -0.1) is 11.8 Å². The Balaban J connectivity index is 2.04. The van der Waals surface area contributed by atoms with E-state index in [1.807, 2.05) is 18.7 Å². The summed E-state index contributed by atoms with van der Waals surface area (Å²) in [6.45, 7) is 3.85. The second-order valence-electron chi connectivity index (χ2n) is 4.89. The molecule has 0 saturated heterocycles. The summed E-state index contributed by atoms with van der Waals surface area (Å²) in [6, 6.07) is 8.48. The van der Waals surface area contributed by atoms with E-state index >= 15 is 0 Å². The molecule has 1 heterocycles. The van der Waals surface area contributed by atoms with Crippen LogP contribution < -0.4 is 0 Å². The van der Waals surface area contributed by atoms with E-state index in [4.69, 9.17) is 5.11 Å². The summed E-state index contributed by atoms with van der Waals surface area (Å²) in [6.07, 6.45) is 0.970. The first-order valence-electron chi connectivity index (χ1n) is 6.04. The van der Waals surface area contributed by atoms with Crippen LogP contribution in [0.5, 0.6) is 0 Å². The normalized spacial score (nSPS) is 21.9. The van der Waals surface area contributed by atoms with E-state index in [9.17, 15) is 4.79 Å². The van der Waals surface area contributed by atoms with Crippen LogP contribution in [-0.4, -0.2) is 16.8 Å². The first-order chi connectivity index (χ1) is 8.09. The molecule has 0 fully saturated rings. The molecule has 0 bridgehead atoms. The number of carbonyl (C=O) groups is 1. The van der Waals surface area contributed by atoms with E-state index in [1.54, 1.807) is 6.92 Å². The van der Waals surface area contributed by atoms with E-state index in [0.29, 0.717) is 5.92 Å². The largest absolute Gasteiger partial charge is 0.481 e. The lowest BCUT2D eigenvalue weighted by Crippen LogP contribution is -2.20. The van der Waals surface area contributed by atoms with Crippen LogP contribution in [0.25, 0.3) is 0 Å². The summed E-state index contributed by atoms with van der Waals surface area (Å²) in [5.41, 5.74) is 1.40. The van der Waals surface area contributed by atoms with Crippen molar-refractivity contribution in [1.82, 2.24) is 0 Å². The Morgan fingerprint density at radius 2 is 2.18 bits per heavy atom. The summed E-state index contributed by atoms with van der Waals surface area (Å²) in [5.74, 6) is 0.900. The Morgan fingerprint density at radius 3 is 2.88 bits per heavy atom. The van der Waals surface area contributed by atoms with Crippen molar-refractivity contribution in [1.29, 1.82) is 0 Å². The van der Waals surface area contributed by atoms with Crippen molar-refractivity contribution in [2.75, 3.05) is 5.75 Å². The van der Waals surface area contributed by atoms with Crippen LogP contribution in [0.15, 0.2) is 29.2 Å². The fourth-order valence-electron chi connectivity index (χ4n) is 2.32.